The van der Waals surface area contributed by atoms with Crippen LogP contribution in [-0.2, 0) is 16.0 Å². The van der Waals surface area contributed by atoms with E-state index in [0.717, 1.165) is 22.2 Å². The van der Waals surface area contributed by atoms with E-state index in [-0.39, 0.29) is 21.2 Å². The van der Waals surface area contributed by atoms with Crippen LogP contribution in [0.5, 0.6) is 0 Å². The molecule has 1 amide bonds. The van der Waals surface area contributed by atoms with E-state index in [4.69, 9.17) is 12.2 Å². The van der Waals surface area contributed by atoms with Gasteiger partial charge in [0.15, 0.2) is 0 Å². The number of hydrogen-bond acceptors (Lipinski definition) is 5. The van der Waals surface area contributed by atoms with Crippen molar-refractivity contribution < 1.29 is 19.1 Å². The number of amides is 1. The van der Waals surface area contributed by atoms with E-state index >= 15 is 0 Å². The summed E-state index contributed by atoms with van der Waals surface area (Å²) < 4.78 is 13.9. The molecule has 2 aromatic rings. The highest BCUT2D eigenvalue weighted by atomic mass is 32.2. The highest BCUT2D eigenvalue weighted by Crippen LogP contribution is 2.34. The Morgan fingerprint density at radius 3 is 2.50 bits per heavy atom. The first-order chi connectivity index (χ1) is 12.5. The third kappa shape index (κ3) is 3.84. The van der Waals surface area contributed by atoms with Crippen LogP contribution in [0.2, 0.25) is 0 Å². The predicted octanol–water partition coefficient (Wildman–Crippen LogP) is 2.39. The Labute approximate surface area is 159 Å². The molecule has 1 heterocycles. The van der Waals surface area contributed by atoms with Gasteiger partial charge in [-0.3, -0.25) is 9.69 Å². The number of carbonyl (C=O) groups excluding carboxylic acids is 2. The van der Waals surface area contributed by atoms with Crippen LogP contribution >= 0.6 is 24.0 Å². The van der Waals surface area contributed by atoms with E-state index < -0.39 is 23.7 Å². The first kappa shape index (κ1) is 18.3. The van der Waals surface area contributed by atoms with Crippen molar-refractivity contribution in [2.75, 3.05) is 0 Å². The number of thiocarbonyl (C=S) groups is 1. The second-order valence-corrected chi connectivity index (χ2v) is 7.27. The number of halogens is 1. The number of hydrogen-bond donors (Lipinski definition) is 0. The number of thioether (sulfide) groups is 1. The first-order valence-electron chi connectivity index (χ1n) is 7.74. The lowest BCUT2D eigenvalue weighted by atomic mass is 10.0. The van der Waals surface area contributed by atoms with Crippen LogP contribution in [0.1, 0.15) is 11.1 Å². The smallest absolute Gasteiger partial charge is 0.266 e. The van der Waals surface area contributed by atoms with Gasteiger partial charge in [-0.15, -0.1) is 0 Å². The quantitative estimate of drug-likeness (QED) is 0.583. The molecule has 132 valence electrons. The average Bonchev–Trinajstić information content (AvgIpc) is 2.89. The molecule has 7 heteroatoms. The molecule has 2 aromatic carbocycles. The Bertz CT molecular complexity index is 899. The minimum absolute atomic E-state index is 0.0720. The zero-order valence-electron chi connectivity index (χ0n) is 13.4. The van der Waals surface area contributed by atoms with E-state index in [1.54, 1.807) is 36.4 Å². The molecule has 1 fully saturated rings. The van der Waals surface area contributed by atoms with Gasteiger partial charge in [-0.2, -0.15) is 0 Å². The van der Waals surface area contributed by atoms with Crippen molar-refractivity contribution in [2.24, 2.45) is 0 Å². The molecule has 1 aliphatic rings. The lowest BCUT2D eigenvalue weighted by Gasteiger charge is -2.27. The van der Waals surface area contributed by atoms with Gasteiger partial charge in [0.2, 0.25) is 0 Å². The van der Waals surface area contributed by atoms with E-state index in [9.17, 15) is 19.1 Å². The van der Waals surface area contributed by atoms with Gasteiger partial charge in [-0.25, -0.2) is 4.39 Å². The normalized spacial score (nSPS) is 17.0. The number of carboxylic acid groups (broad SMARTS) is 1. The third-order valence-corrected chi connectivity index (χ3v) is 5.20. The fourth-order valence-electron chi connectivity index (χ4n) is 2.60. The maximum atomic E-state index is 13.8. The summed E-state index contributed by atoms with van der Waals surface area (Å²) in [6, 6.07) is 13.7. The summed E-state index contributed by atoms with van der Waals surface area (Å²) in [6.07, 6.45) is 1.45. The van der Waals surface area contributed by atoms with Gasteiger partial charge >= 0.3 is 0 Å². The summed E-state index contributed by atoms with van der Waals surface area (Å²) in [5.74, 6) is -2.43. The minimum Gasteiger partial charge on any atom is -0.548 e. The summed E-state index contributed by atoms with van der Waals surface area (Å²) in [6.45, 7) is 0. The van der Waals surface area contributed by atoms with Gasteiger partial charge in [0.25, 0.3) is 5.91 Å². The average molecular weight is 386 g/mol. The highest BCUT2D eigenvalue weighted by Gasteiger charge is 2.37. The summed E-state index contributed by atoms with van der Waals surface area (Å²) in [7, 11) is 0. The Morgan fingerprint density at radius 1 is 1.19 bits per heavy atom. The molecule has 0 aromatic heterocycles. The van der Waals surface area contributed by atoms with Crippen LogP contribution < -0.4 is 5.11 Å². The van der Waals surface area contributed by atoms with Crippen molar-refractivity contribution >= 4 is 46.3 Å². The van der Waals surface area contributed by atoms with Crippen LogP contribution in [0, 0.1) is 5.82 Å². The van der Waals surface area contributed by atoms with Gasteiger partial charge in [-0.05, 0) is 24.1 Å². The topological polar surface area (TPSA) is 60.4 Å². The molecule has 1 aliphatic heterocycles. The molecule has 0 saturated carbocycles. The SMILES string of the molecule is O=C([O-])[C@H](Cc1ccccc1)N1C(=O)/C(=C/c2ccccc2F)SC1=S. The summed E-state index contributed by atoms with van der Waals surface area (Å²) in [5.41, 5.74) is 0.981. The number of carbonyl (C=O) groups is 2. The summed E-state index contributed by atoms with van der Waals surface area (Å²) in [4.78, 5) is 25.6. The molecule has 0 unspecified atom stereocenters. The fraction of sp³-hybridized carbons (Fsp3) is 0.105. The van der Waals surface area contributed by atoms with Crippen molar-refractivity contribution in [3.8, 4) is 0 Å². The number of aliphatic carboxylic acids is 1. The van der Waals surface area contributed by atoms with E-state index in [0.29, 0.717) is 0 Å². The van der Waals surface area contributed by atoms with Gasteiger partial charge in [0, 0.05) is 5.56 Å². The van der Waals surface area contributed by atoms with Crippen LogP contribution in [0.15, 0.2) is 59.5 Å². The fourth-order valence-corrected chi connectivity index (χ4v) is 3.95. The maximum absolute atomic E-state index is 13.8. The Hall–Kier alpha value is -2.51. The monoisotopic (exact) mass is 386 g/mol. The predicted molar refractivity (Wildman–Crippen MR) is 100 cm³/mol. The molecule has 4 nitrogen and oxygen atoms in total. The number of carboxylic acids is 1. The summed E-state index contributed by atoms with van der Waals surface area (Å²) >= 11 is 6.15. The molecule has 1 atom stereocenters. The molecular formula is C19H13FNO3S2-. The van der Waals surface area contributed by atoms with Gasteiger partial charge in [0.1, 0.15) is 10.1 Å². The maximum Gasteiger partial charge on any atom is 0.266 e. The van der Waals surface area contributed by atoms with Crippen LogP contribution in [0.3, 0.4) is 0 Å². The zero-order valence-corrected chi connectivity index (χ0v) is 15.1. The van der Waals surface area contributed by atoms with Gasteiger partial charge in [-0.1, -0.05) is 72.5 Å². The standard InChI is InChI=1S/C19H14FNO3S2/c20-14-9-5-4-8-13(14)11-16-17(22)21(19(25)26-16)15(18(23)24)10-12-6-2-1-3-7-12/h1-9,11,15H,10H2,(H,23,24)/p-1/b16-11-/t15-/m0/s1. The molecule has 3 rings (SSSR count). The van der Waals surface area contributed by atoms with Crippen molar-refractivity contribution in [3.05, 3.63) is 76.4 Å². The van der Waals surface area contributed by atoms with Gasteiger partial charge in [0.05, 0.1) is 16.9 Å². The van der Waals surface area contributed by atoms with Crippen LogP contribution in [0.25, 0.3) is 6.08 Å². The van der Waals surface area contributed by atoms with Crippen LogP contribution in [-0.4, -0.2) is 27.1 Å². The summed E-state index contributed by atoms with van der Waals surface area (Å²) in [5, 5.41) is 11.6. The van der Waals surface area contributed by atoms with Crippen molar-refractivity contribution in [2.45, 2.75) is 12.5 Å². The number of benzene rings is 2. The Balaban J connectivity index is 1.89. The van der Waals surface area contributed by atoms with Gasteiger partial charge < -0.3 is 9.90 Å². The van der Waals surface area contributed by atoms with Crippen molar-refractivity contribution in [3.63, 3.8) is 0 Å². The molecule has 0 radical (unpaired) electrons. The van der Waals surface area contributed by atoms with Crippen molar-refractivity contribution in [1.29, 1.82) is 0 Å². The number of nitrogens with zero attached hydrogens (tertiary/aromatic N) is 1. The first-order valence-corrected chi connectivity index (χ1v) is 8.96. The highest BCUT2D eigenvalue weighted by molar-refractivity contribution is 8.26. The molecule has 1 saturated heterocycles. The minimum atomic E-state index is -1.39. The molecule has 0 N–H and O–H groups in total. The van der Waals surface area contributed by atoms with Crippen molar-refractivity contribution in [1.82, 2.24) is 4.90 Å². The molecule has 0 spiro atoms. The largest absolute Gasteiger partial charge is 0.548 e. The molecule has 0 bridgehead atoms. The second kappa shape index (κ2) is 7.80. The molecule has 0 aliphatic carbocycles. The van der Waals surface area contributed by atoms with E-state index in [1.807, 2.05) is 6.07 Å². The van der Waals surface area contributed by atoms with Crippen LogP contribution in [0.4, 0.5) is 4.39 Å². The Kier molecular flexibility index (Phi) is 5.49. The number of rotatable bonds is 5. The van der Waals surface area contributed by atoms with E-state index in [1.165, 1.54) is 18.2 Å². The molecule has 26 heavy (non-hydrogen) atoms. The Morgan fingerprint density at radius 2 is 1.85 bits per heavy atom. The third-order valence-electron chi connectivity index (χ3n) is 3.87. The molecular weight excluding hydrogens is 373 g/mol. The second-order valence-electron chi connectivity index (χ2n) is 5.60. The van der Waals surface area contributed by atoms with E-state index in [2.05, 4.69) is 0 Å². The zero-order chi connectivity index (χ0) is 18.7. The lowest BCUT2D eigenvalue weighted by Crippen LogP contribution is -2.51. The lowest BCUT2D eigenvalue weighted by molar-refractivity contribution is -0.310.